The first kappa shape index (κ1) is 24.7. The van der Waals surface area contributed by atoms with Crippen molar-refractivity contribution in [1.29, 1.82) is 0 Å². The monoisotopic (exact) mass is 506 g/mol. The van der Waals surface area contributed by atoms with Crippen molar-refractivity contribution in [2.45, 2.75) is 64.6 Å². The van der Waals surface area contributed by atoms with Crippen LogP contribution in [-0.2, 0) is 21.0 Å². The van der Waals surface area contributed by atoms with E-state index in [1.54, 1.807) is 32.0 Å². The summed E-state index contributed by atoms with van der Waals surface area (Å²) in [5.41, 5.74) is 2.94. The molecule has 3 heterocycles. The normalized spacial score (nSPS) is 22.6. The van der Waals surface area contributed by atoms with Gasteiger partial charge in [-0.05, 0) is 62.3 Å². The molecule has 11 heteroatoms. The highest BCUT2D eigenvalue weighted by atomic mass is 16.6. The number of benzene rings is 1. The van der Waals surface area contributed by atoms with Gasteiger partial charge in [0.25, 0.3) is 11.8 Å². The first-order valence-corrected chi connectivity index (χ1v) is 12.5. The molecule has 5 rings (SSSR count). The molecule has 0 bridgehead atoms. The molecule has 194 valence electrons. The Morgan fingerprint density at radius 2 is 1.95 bits per heavy atom. The maximum absolute atomic E-state index is 12.9. The van der Waals surface area contributed by atoms with Crippen LogP contribution in [0.4, 0.5) is 5.69 Å². The summed E-state index contributed by atoms with van der Waals surface area (Å²) in [4.78, 5) is 50.4. The lowest BCUT2D eigenvalue weighted by Gasteiger charge is -2.31. The van der Waals surface area contributed by atoms with E-state index >= 15 is 0 Å². The minimum Gasteiger partial charge on any atom is -0.482 e. The van der Waals surface area contributed by atoms with Crippen LogP contribution in [-0.4, -0.2) is 52.2 Å². The van der Waals surface area contributed by atoms with Gasteiger partial charge in [-0.1, -0.05) is 11.2 Å². The number of carbonyl (C=O) groups excluding carboxylic acids is 3. The fourth-order valence-electron chi connectivity index (χ4n) is 5.07. The van der Waals surface area contributed by atoms with Gasteiger partial charge in [-0.3, -0.25) is 14.4 Å². The van der Waals surface area contributed by atoms with E-state index < -0.39 is 0 Å². The fourth-order valence-corrected chi connectivity index (χ4v) is 5.07. The standard InChI is InChI=1S/C26H30N6O5/c1-14-28-19(20-11-24(37-32-20)17-4-6-18(7-5-17)30-15(2)33)10-22(29-14)26(35)27-12-16-3-8-23-21(9-16)31-25(34)13-36-23/h3,8-10,17-18,24H,4-7,11-13H2,1-2H3,(H,27,35)(H,30,33)(H,31,34)/t17-,18-,24-/m1/s1. The van der Waals surface area contributed by atoms with Crippen LogP contribution in [0.3, 0.4) is 0 Å². The molecule has 1 saturated carbocycles. The van der Waals surface area contributed by atoms with E-state index in [2.05, 4.69) is 31.1 Å². The van der Waals surface area contributed by atoms with Gasteiger partial charge >= 0.3 is 0 Å². The highest BCUT2D eigenvalue weighted by Crippen LogP contribution is 2.33. The van der Waals surface area contributed by atoms with Crippen LogP contribution in [0, 0.1) is 12.8 Å². The molecule has 0 spiro atoms. The summed E-state index contributed by atoms with van der Waals surface area (Å²) in [7, 11) is 0. The number of ether oxygens (including phenoxy) is 1. The van der Waals surface area contributed by atoms with Crippen molar-refractivity contribution in [3.05, 3.63) is 47.0 Å². The number of nitrogens with one attached hydrogen (secondary N) is 3. The predicted octanol–water partition coefficient (Wildman–Crippen LogP) is 2.23. The van der Waals surface area contributed by atoms with E-state index in [4.69, 9.17) is 9.57 Å². The van der Waals surface area contributed by atoms with Crippen LogP contribution in [0.25, 0.3) is 0 Å². The number of hydrogen-bond acceptors (Lipinski definition) is 8. The van der Waals surface area contributed by atoms with E-state index in [0.717, 1.165) is 31.2 Å². The number of aryl methyl sites for hydroxylation is 1. The Kier molecular flexibility index (Phi) is 7.02. The van der Waals surface area contributed by atoms with Crippen LogP contribution < -0.4 is 20.7 Å². The summed E-state index contributed by atoms with van der Waals surface area (Å²) in [5.74, 6) is 0.899. The third kappa shape index (κ3) is 5.87. The number of aromatic nitrogens is 2. The Balaban J connectivity index is 1.19. The summed E-state index contributed by atoms with van der Waals surface area (Å²) in [6.45, 7) is 3.54. The Bertz CT molecular complexity index is 1250. The molecule has 3 N–H and O–H groups in total. The van der Waals surface area contributed by atoms with E-state index in [1.165, 1.54) is 0 Å². The lowest BCUT2D eigenvalue weighted by atomic mass is 9.81. The molecule has 2 aliphatic heterocycles. The molecule has 0 unspecified atom stereocenters. The molecule has 1 fully saturated rings. The number of oxime groups is 1. The van der Waals surface area contributed by atoms with Crippen LogP contribution >= 0.6 is 0 Å². The zero-order valence-electron chi connectivity index (χ0n) is 20.9. The molecule has 11 nitrogen and oxygen atoms in total. The Hall–Kier alpha value is -4.02. The van der Waals surface area contributed by atoms with Crippen molar-refractivity contribution < 1.29 is 24.0 Å². The third-order valence-electron chi connectivity index (χ3n) is 6.89. The molecule has 1 atom stereocenters. The van der Waals surface area contributed by atoms with Gasteiger partial charge in [-0.2, -0.15) is 0 Å². The minimum atomic E-state index is -0.336. The average molecular weight is 507 g/mol. The van der Waals surface area contributed by atoms with Gasteiger partial charge in [0, 0.05) is 25.9 Å². The maximum atomic E-state index is 12.9. The summed E-state index contributed by atoms with van der Waals surface area (Å²) in [6, 6.07) is 7.25. The number of fused-ring (bicyclic) bond motifs is 1. The smallest absolute Gasteiger partial charge is 0.270 e. The second kappa shape index (κ2) is 10.5. The Labute approximate surface area is 214 Å². The number of rotatable bonds is 6. The molecular formula is C26H30N6O5. The maximum Gasteiger partial charge on any atom is 0.270 e. The summed E-state index contributed by atoms with van der Waals surface area (Å²) in [6.07, 6.45) is 4.38. The fraction of sp³-hybridized carbons (Fsp3) is 0.462. The summed E-state index contributed by atoms with van der Waals surface area (Å²) in [5, 5.41) is 12.9. The predicted molar refractivity (Wildman–Crippen MR) is 134 cm³/mol. The average Bonchev–Trinajstić information content (AvgIpc) is 3.37. The molecule has 1 aromatic carbocycles. The number of nitrogens with zero attached hydrogens (tertiary/aromatic N) is 3. The molecule has 37 heavy (non-hydrogen) atoms. The van der Waals surface area contributed by atoms with Crippen molar-refractivity contribution in [2.75, 3.05) is 11.9 Å². The molecule has 3 aliphatic rings. The van der Waals surface area contributed by atoms with Crippen LogP contribution in [0.5, 0.6) is 5.75 Å². The molecule has 0 radical (unpaired) electrons. The van der Waals surface area contributed by atoms with E-state index in [9.17, 15) is 14.4 Å². The van der Waals surface area contributed by atoms with Crippen molar-refractivity contribution >= 4 is 29.1 Å². The lowest BCUT2D eigenvalue weighted by Crippen LogP contribution is -2.38. The van der Waals surface area contributed by atoms with Gasteiger partial charge < -0.3 is 25.5 Å². The minimum absolute atomic E-state index is 0.00468. The van der Waals surface area contributed by atoms with Gasteiger partial charge in [-0.15, -0.1) is 0 Å². The van der Waals surface area contributed by atoms with Crippen LogP contribution in [0.15, 0.2) is 29.4 Å². The van der Waals surface area contributed by atoms with E-state index in [0.29, 0.717) is 41.0 Å². The highest BCUT2D eigenvalue weighted by molar-refractivity contribution is 6.02. The molecule has 1 aromatic heterocycles. The largest absolute Gasteiger partial charge is 0.482 e. The zero-order chi connectivity index (χ0) is 25.9. The third-order valence-corrected chi connectivity index (χ3v) is 6.89. The molecule has 1 aliphatic carbocycles. The van der Waals surface area contributed by atoms with Crippen molar-refractivity contribution in [2.24, 2.45) is 11.1 Å². The first-order chi connectivity index (χ1) is 17.8. The van der Waals surface area contributed by atoms with E-state index in [-0.39, 0.29) is 48.7 Å². The van der Waals surface area contributed by atoms with Gasteiger partial charge in [0.05, 0.1) is 11.4 Å². The van der Waals surface area contributed by atoms with E-state index in [1.807, 2.05) is 6.07 Å². The molecule has 2 aromatic rings. The number of amides is 3. The lowest BCUT2D eigenvalue weighted by molar-refractivity contribution is -0.120. The van der Waals surface area contributed by atoms with Gasteiger partial charge in [-0.25, -0.2) is 9.97 Å². The Morgan fingerprint density at radius 1 is 1.14 bits per heavy atom. The van der Waals surface area contributed by atoms with Gasteiger partial charge in [0.1, 0.15) is 29.1 Å². The van der Waals surface area contributed by atoms with Crippen molar-refractivity contribution in [1.82, 2.24) is 20.6 Å². The van der Waals surface area contributed by atoms with Gasteiger partial charge in [0.2, 0.25) is 5.91 Å². The number of anilines is 1. The molecule has 3 amide bonds. The summed E-state index contributed by atoms with van der Waals surface area (Å²) >= 11 is 0. The molecule has 0 saturated heterocycles. The van der Waals surface area contributed by atoms with Gasteiger partial charge in [0.15, 0.2) is 6.61 Å². The highest BCUT2D eigenvalue weighted by Gasteiger charge is 2.34. The SMILES string of the molecule is CC(=O)N[C@H]1CC[C@H]([C@H]2CC(c3cc(C(=O)NCc4ccc5c(c4)NC(=O)CO5)nc(C)n3)=NO2)CC1. The summed E-state index contributed by atoms with van der Waals surface area (Å²) < 4.78 is 5.37. The zero-order valence-corrected chi connectivity index (χ0v) is 20.9. The topological polar surface area (TPSA) is 144 Å². The van der Waals surface area contributed by atoms with Crippen LogP contribution in [0.1, 0.15) is 66.6 Å². The van der Waals surface area contributed by atoms with Crippen molar-refractivity contribution in [3.63, 3.8) is 0 Å². The van der Waals surface area contributed by atoms with Crippen LogP contribution in [0.2, 0.25) is 0 Å². The number of carbonyl (C=O) groups is 3. The first-order valence-electron chi connectivity index (χ1n) is 12.5. The number of hydrogen-bond donors (Lipinski definition) is 3. The Morgan fingerprint density at radius 3 is 2.73 bits per heavy atom. The second-order valence-corrected chi connectivity index (χ2v) is 9.73. The quantitative estimate of drug-likeness (QED) is 0.545. The second-order valence-electron chi connectivity index (χ2n) is 9.73. The molecular weight excluding hydrogens is 476 g/mol. The van der Waals surface area contributed by atoms with Crippen molar-refractivity contribution in [3.8, 4) is 5.75 Å².